The third-order valence-corrected chi connectivity index (χ3v) is 1.75. The molecule has 7 heteroatoms. The summed E-state index contributed by atoms with van der Waals surface area (Å²) in [6, 6.07) is 1.74. The first-order chi connectivity index (χ1) is 7.40. The minimum Gasteiger partial charge on any atom is -0.494 e. The maximum atomic E-state index is 12.3. The number of alkyl halides is 3. The molecular formula is C9H8F3NO3. The number of esters is 1. The molecule has 0 saturated heterocycles. The first kappa shape index (κ1) is 12.3. The maximum Gasteiger partial charge on any atom is 0.433 e. The highest BCUT2D eigenvalue weighted by Crippen LogP contribution is 2.30. The van der Waals surface area contributed by atoms with Crippen molar-refractivity contribution in [2.45, 2.75) is 6.18 Å². The molecule has 0 N–H and O–H groups in total. The Hall–Kier alpha value is -1.79. The number of carbonyl (C=O) groups is 1. The van der Waals surface area contributed by atoms with Gasteiger partial charge in [-0.25, -0.2) is 9.78 Å². The van der Waals surface area contributed by atoms with Gasteiger partial charge in [0.15, 0.2) is 11.4 Å². The molecule has 0 spiro atoms. The summed E-state index contributed by atoms with van der Waals surface area (Å²) in [7, 11) is 2.26. The SMILES string of the molecule is COC(=O)c1nc(C(F)(F)F)ccc1OC. The minimum absolute atomic E-state index is 0.0696. The number of pyridine rings is 1. The first-order valence-electron chi connectivity index (χ1n) is 4.10. The summed E-state index contributed by atoms with van der Waals surface area (Å²) in [6.07, 6.45) is -4.62. The van der Waals surface area contributed by atoms with Crippen molar-refractivity contribution in [1.82, 2.24) is 4.98 Å². The van der Waals surface area contributed by atoms with Crippen molar-refractivity contribution in [3.8, 4) is 5.75 Å². The number of hydrogen-bond donors (Lipinski definition) is 0. The predicted octanol–water partition coefficient (Wildman–Crippen LogP) is 1.90. The van der Waals surface area contributed by atoms with Crippen LogP contribution in [0, 0.1) is 0 Å². The molecule has 0 atom stereocenters. The van der Waals surface area contributed by atoms with E-state index in [-0.39, 0.29) is 5.75 Å². The Morgan fingerprint density at radius 3 is 2.38 bits per heavy atom. The average Bonchev–Trinajstić information content (AvgIpc) is 2.25. The number of halogens is 3. The smallest absolute Gasteiger partial charge is 0.433 e. The lowest BCUT2D eigenvalue weighted by Crippen LogP contribution is -2.14. The van der Waals surface area contributed by atoms with Crippen LogP contribution in [0.15, 0.2) is 12.1 Å². The van der Waals surface area contributed by atoms with E-state index in [0.717, 1.165) is 19.2 Å². The molecule has 0 radical (unpaired) electrons. The third-order valence-electron chi connectivity index (χ3n) is 1.75. The van der Waals surface area contributed by atoms with Gasteiger partial charge in [0.05, 0.1) is 14.2 Å². The lowest BCUT2D eigenvalue weighted by molar-refractivity contribution is -0.141. The zero-order chi connectivity index (χ0) is 12.3. The van der Waals surface area contributed by atoms with Gasteiger partial charge in [-0.2, -0.15) is 13.2 Å². The highest BCUT2D eigenvalue weighted by atomic mass is 19.4. The Kier molecular flexibility index (Phi) is 3.36. The van der Waals surface area contributed by atoms with Crippen LogP contribution in [0.4, 0.5) is 13.2 Å². The number of hydrogen-bond acceptors (Lipinski definition) is 4. The fourth-order valence-corrected chi connectivity index (χ4v) is 1.01. The molecule has 0 unspecified atom stereocenters. The van der Waals surface area contributed by atoms with Crippen LogP contribution >= 0.6 is 0 Å². The molecule has 0 amide bonds. The van der Waals surface area contributed by atoms with E-state index in [1.54, 1.807) is 0 Å². The largest absolute Gasteiger partial charge is 0.494 e. The number of carbonyl (C=O) groups excluding carboxylic acids is 1. The zero-order valence-corrected chi connectivity index (χ0v) is 8.46. The van der Waals surface area contributed by atoms with E-state index in [1.165, 1.54) is 7.11 Å². The minimum atomic E-state index is -4.62. The van der Waals surface area contributed by atoms with Gasteiger partial charge in [0.2, 0.25) is 0 Å². The Morgan fingerprint density at radius 2 is 1.94 bits per heavy atom. The fraction of sp³-hybridized carbons (Fsp3) is 0.333. The second-order valence-electron chi connectivity index (χ2n) is 2.74. The molecule has 0 aliphatic heterocycles. The molecule has 4 nitrogen and oxygen atoms in total. The molecule has 0 aromatic carbocycles. The van der Waals surface area contributed by atoms with Crippen LogP contribution in [0.3, 0.4) is 0 Å². The van der Waals surface area contributed by atoms with Crippen LogP contribution in [0.2, 0.25) is 0 Å². The molecule has 1 aromatic rings. The lowest BCUT2D eigenvalue weighted by atomic mass is 10.2. The molecule has 0 aliphatic rings. The highest BCUT2D eigenvalue weighted by Gasteiger charge is 2.34. The molecule has 0 fully saturated rings. The Labute approximate surface area is 89.0 Å². The maximum absolute atomic E-state index is 12.3. The standard InChI is InChI=1S/C9H8F3NO3/c1-15-5-3-4-6(9(10,11)12)13-7(5)8(14)16-2/h3-4H,1-2H3. The third kappa shape index (κ3) is 2.41. The quantitative estimate of drug-likeness (QED) is 0.734. The van der Waals surface area contributed by atoms with Crippen LogP contribution in [-0.2, 0) is 10.9 Å². The van der Waals surface area contributed by atoms with Crippen molar-refractivity contribution < 1.29 is 27.4 Å². The summed E-state index contributed by atoms with van der Waals surface area (Å²) in [4.78, 5) is 14.3. The summed E-state index contributed by atoms with van der Waals surface area (Å²) in [6.45, 7) is 0. The van der Waals surface area contributed by atoms with Crippen molar-refractivity contribution >= 4 is 5.97 Å². The number of rotatable bonds is 2. The Balaban J connectivity index is 3.27. The van der Waals surface area contributed by atoms with Crippen molar-refractivity contribution in [2.75, 3.05) is 14.2 Å². The normalized spacial score (nSPS) is 11.1. The van der Waals surface area contributed by atoms with Gasteiger partial charge in [-0.3, -0.25) is 0 Å². The highest BCUT2D eigenvalue weighted by molar-refractivity contribution is 5.90. The van der Waals surface area contributed by atoms with Crippen LogP contribution in [0.1, 0.15) is 16.2 Å². The molecule has 1 aromatic heterocycles. The van der Waals surface area contributed by atoms with E-state index < -0.39 is 23.5 Å². The predicted molar refractivity (Wildman–Crippen MR) is 47.1 cm³/mol. The molecule has 0 bridgehead atoms. The van der Waals surface area contributed by atoms with E-state index in [4.69, 9.17) is 4.74 Å². The lowest BCUT2D eigenvalue weighted by Gasteiger charge is -2.09. The Morgan fingerprint density at radius 1 is 1.31 bits per heavy atom. The molecular weight excluding hydrogens is 227 g/mol. The number of aromatic nitrogens is 1. The van der Waals surface area contributed by atoms with E-state index in [0.29, 0.717) is 0 Å². The van der Waals surface area contributed by atoms with Gasteiger partial charge in [0.25, 0.3) is 0 Å². The van der Waals surface area contributed by atoms with Crippen LogP contribution in [-0.4, -0.2) is 25.2 Å². The average molecular weight is 235 g/mol. The van der Waals surface area contributed by atoms with E-state index >= 15 is 0 Å². The van der Waals surface area contributed by atoms with Gasteiger partial charge < -0.3 is 9.47 Å². The summed E-state index contributed by atoms with van der Waals surface area (Å²) in [5.74, 6) is -1.05. The van der Waals surface area contributed by atoms with Gasteiger partial charge in [-0.05, 0) is 12.1 Å². The van der Waals surface area contributed by atoms with Crippen molar-refractivity contribution in [3.05, 3.63) is 23.5 Å². The van der Waals surface area contributed by atoms with E-state index in [9.17, 15) is 18.0 Å². The number of nitrogens with zero attached hydrogens (tertiary/aromatic N) is 1. The molecule has 1 heterocycles. The molecule has 88 valence electrons. The van der Waals surface area contributed by atoms with Gasteiger partial charge >= 0.3 is 12.1 Å². The Bertz CT molecular complexity index is 403. The molecule has 0 saturated carbocycles. The summed E-state index contributed by atoms with van der Waals surface area (Å²) in [5.41, 5.74) is -1.67. The topological polar surface area (TPSA) is 48.4 Å². The fourth-order valence-electron chi connectivity index (χ4n) is 1.01. The van der Waals surface area contributed by atoms with E-state index in [1.807, 2.05) is 0 Å². The molecule has 16 heavy (non-hydrogen) atoms. The zero-order valence-electron chi connectivity index (χ0n) is 8.46. The summed E-state index contributed by atoms with van der Waals surface area (Å²) < 4.78 is 45.9. The van der Waals surface area contributed by atoms with Crippen LogP contribution in [0.25, 0.3) is 0 Å². The second-order valence-corrected chi connectivity index (χ2v) is 2.74. The van der Waals surface area contributed by atoms with Gasteiger partial charge in [-0.15, -0.1) is 0 Å². The van der Waals surface area contributed by atoms with Crippen LogP contribution < -0.4 is 4.74 Å². The van der Waals surface area contributed by atoms with Crippen LogP contribution in [0.5, 0.6) is 5.75 Å². The van der Waals surface area contributed by atoms with Crippen molar-refractivity contribution in [2.24, 2.45) is 0 Å². The van der Waals surface area contributed by atoms with Gasteiger partial charge in [0, 0.05) is 0 Å². The van der Waals surface area contributed by atoms with Gasteiger partial charge in [0.1, 0.15) is 5.69 Å². The number of methoxy groups -OCH3 is 2. The molecule has 0 aliphatic carbocycles. The van der Waals surface area contributed by atoms with E-state index in [2.05, 4.69) is 9.72 Å². The summed E-state index contributed by atoms with van der Waals surface area (Å²) in [5, 5.41) is 0. The van der Waals surface area contributed by atoms with Crippen molar-refractivity contribution in [1.29, 1.82) is 0 Å². The molecule has 1 rings (SSSR count). The van der Waals surface area contributed by atoms with Crippen molar-refractivity contribution in [3.63, 3.8) is 0 Å². The van der Waals surface area contributed by atoms with Gasteiger partial charge in [-0.1, -0.05) is 0 Å². The first-order valence-corrected chi connectivity index (χ1v) is 4.10. The second kappa shape index (κ2) is 4.38. The monoisotopic (exact) mass is 235 g/mol. The summed E-state index contributed by atoms with van der Waals surface area (Å²) >= 11 is 0. The number of ether oxygens (including phenoxy) is 2.